The molecule has 1 amide bonds. The highest BCUT2D eigenvalue weighted by Gasteiger charge is 2.18. The smallest absolute Gasteiger partial charge is 0.338 e. The summed E-state index contributed by atoms with van der Waals surface area (Å²) in [5.74, 6) is -0.846. The molecule has 0 aliphatic rings. The van der Waals surface area contributed by atoms with E-state index in [2.05, 4.69) is 5.32 Å². The number of amides is 1. The Morgan fingerprint density at radius 2 is 2.11 bits per heavy atom. The Labute approximate surface area is 113 Å². The average Bonchev–Trinajstić information content (AvgIpc) is 2.38. The van der Waals surface area contributed by atoms with Crippen molar-refractivity contribution in [2.24, 2.45) is 0 Å². The molecule has 1 unspecified atom stereocenters. The van der Waals surface area contributed by atoms with E-state index in [1.54, 1.807) is 25.1 Å². The zero-order chi connectivity index (χ0) is 14.4. The molecule has 3 N–H and O–H groups in total. The van der Waals surface area contributed by atoms with Gasteiger partial charge in [0.15, 0.2) is 6.10 Å². The second-order valence-corrected chi connectivity index (χ2v) is 4.41. The van der Waals surface area contributed by atoms with E-state index in [4.69, 9.17) is 10.5 Å². The summed E-state index contributed by atoms with van der Waals surface area (Å²) in [5.41, 5.74) is 7.49. The van der Waals surface area contributed by atoms with Crippen LogP contribution in [-0.2, 0) is 9.53 Å². The van der Waals surface area contributed by atoms with E-state index in [1.165, 1.54) is 0 Å². The predicted molar refractivity (Wildman–Crippen MR) is 73.8 cm³/mol. The lowest BCUT2D eigenvalue weighted by atomic mass is 10.1. The number of aryl methyl sites for hydroxylation is 1. The molecule has 19 heavy (non-hydrogen) atoms. The number of nitrogens with one attached hydrogen (secondary N) is 1. The maximum atomic E-state index is 11.8. The van der Waals surface area contributed by atoms with E-state index in [0.717, 1.165) is 12.0 Å². The highest BCUT2D eigenvalue weighted by atomic mass is 16.5. The zero-order valence-corrected chi connectivity index (χ0v) is 11.5. The first-order valence-corrected chi connectivity index (χ1v) is 6.30. The molecule has 0 fully saturated rings. The van der Waals surface area contributed by atoms with Crippen molar-refractivity contribution < 1.29 is 14.3 Å². The molecule has 0 saturated heterocycles. The average molecular weight is 264 g/mol. The number of ether oxygens (including phenoxy) is 1. The van der Waals surface area contributed by atoms with Crippen LogP contribution in [0.4, 0.5) is 5.69 Å². The number of hydrogen-bond donors (Lipinski definition) is 2. The SMILES string of the molecule is CCCNC(=O)C(C)OC(=O)c1ccc(C)c(N)c1. The van der Waals surface area contributed by atoms with Gasteiger partial charge in [0.25, 0.3) is 5.91 Å². The Morgan fingerprint density at radius 1 is 1.42 bits per heavy atom. The molecule has 5 heteroatoms. The molecule has 104 valence electrons. The van der Waals surface area contributed by atoms with Gasteiger partial charge in [-0.05, 0) is 38.0 Å². The van der Waals surface area contributed by atoms with Gasteiger partial charge in [-0.1, -0.05) is 13.0 Å². The largest absolute Gasteiger partial charge is 0.449 e. The van der Waals surface area contributed by atoms with Gasteiger partial charge in [0.05, 0.1) is 5.56 Å². The standard InChI is InChI=1S/C14H20N2O3/c1-4-7-16-13(17)10(3)19-14(18)11-6-5-9(2)12(15)8-11/h5-6,8,10H,4,7,15H2,1-3H3,(H,16,17). The van der Waals surface area contributed by atoms with Gasteiger partial charge in [0, 0.05) is 12.2 Å². The maximum Gasteiger partial charge on any atom is 0.338 e. The van der Waals surface area contributed by atoms with Crippen LogP contribution < -0.4 is 11.1 Å². The molecule has 0 spiro atoms. The summed E-state index contributed by atoms with van der Waals surface area (Å²) in [7, 11) is 0. The summed E-state index contributed by atoms with van der Waals surface area (Å²) < 4.78 is 5.08. The topological polar surface area (TPSA) is 81.4 Å². The van der Waals surface area contributed by atoms with E-state index >= 15 is 0 Å². The van der Waals surface area contributed by atoms with Crippen LogP contribution in [0.2, 0.25) is 0 Å². The van der Waals surface area contributed by atoms with Crippen LogP contribution in [0.5, 0.6) is 0 Å². The molecule has 1 rings (SSSR count). The highest BCUT2D eigenvalue weighted by molar-refractivity contribution is 5.93. The number of rotatable bonds is 5. The number of esters is 1. The first kappa shape index (κ1) is 15.0. The summed E-state index contributed by atoms with van der Waals surface area (Å²) in [6.45, 7) is 5.91. The minimum Gasteiger partial charge on any atom is -0.449 e. The molecule has 0 aliphatic carbocycles. The van der Waals surface area contributed by atoms with Crippen molar-refractivity contribution in [1.82, 2.24) is 5.32 Å². The number of carbonyl (C=O) groups is 2. The fourth-order valence-corrected chi connectivity index (χ4v) is 1.44. The van der Waals surface area contributed by atoms with Gasteiger partial charge in [0.2, 0.25) is 0 Å². The van der Waals surface area contributed by atoms with Gasteiger partial charge in [-0.3, -0.25) is 4.79 Å². The fourth-order valence-electron chi connectivity index (χ4n) is 1.44. The Hall–Kier alpha value is -2.04. The van der Waals surface area contributed by atoms with Gasteiger partial charge in [-0.15, -0.1) is 0 Å². The van der Waals surface area contributed by atoms with E-state index in [9.17, 15) is 9.59 Å². The van der Waals surface area contributed by atoms with Crippen molar-refractivity contribution in [2.45, 2.75) is 33.3 Å². The van der Waals surface area contributed by atoms with Crippen molar-refractivity contribution in [3.8, 4) is 0 Å². The second kappa shape index (κ2) is 6.78. The molecular formula is C14H20N2O3. The van der Waals surface area contributed by atoms with Crippen LogP contribution in [0.25, 0.3) is 0 Å². The molecule has 0 heterocycles. The maximum absolute atomic E-state index is 11.8. The van der Waals surface area contributed by atoms with Gasteiger partial charge < -0.3 is 15.8 Å². The number of anilines is 1. The van der Waals surface area contributed by atoms with Gasteiger partial charge in [-0.25, -0.2) is 4.79 Å². The lowest BCUT2D eigenvalue weighted by molar-refractivity contribution is -0.129. The monoisotopic (exact) mass is 264 g/mol. The Balaban J connectivity index is 2.63. The number of benzene rings is 1. The number of nitrogen functional groups attached to an aromatic ring is 1. The zero-order valence-electron chi connectivity index (χ0n) is 11.5. The number of hydrogen-bond acceptors (Lipinski definition) is 4. The third-order valence-electron chi connectivity index (χ3n) is 2.72. The normalized spacial score (nSPS) is 11.7. The minimum atomic E-state index is -0.818. The Bertz CT molecular complexity index is 472. The Kier molecular flexibility index (Phi) is 5.36. The summed E-state index contributed by atoms with van der Waals surface area (Å²) in [6.07, 6.45) is 0.0162. The molecule has 0 aromatic heterocycles. The minimum absolute atomic E-state index is 0.296. The van der Waals surface area contributed by atoms with Crippen LogP contribution >= 0.6 is 0 Å². The molecule has 1 aromatic rings. The summed E-state index contributed by atoms with van der Waals surface area (Å²) in [4.78, 5) is 23.4. The molecule has 0 radical (unpaired) electrons. The van der Waals surface area contributed by atoms with Crippen molar-refractivity contribution in [3.05, 3.63) is 29.3 Å². The predicted octanol–water partition coefficient (Wildman–Crippen LogP) is 1.65. The lowest BCUT2D eigenvalue weighted by Crippen LogP contribution is -2.36. The van der Waals surface area contributed by atoms with Crippen LogP contribution in [0.1, 0.15) is 36.2 Å². The van der Waals surface area contributed by atoms with Crippen molar-refractivity contribution in [3.63, 3.8) is 0 Å². The molecular weight excluding hydrogens is 244 g/mol. The van der Waals surface area contributed by atoms with E-state index < -0.39 is 12.1 Å². The second-order valence-electron chi connectivity index (χ2n) is 4.41. The van der Waals surface area contributed by atoms with Gasteiger partial charge >= 0.3 is 5.97 Å². The van der Waals surface area contributed by atoms with Crippen molar-refractivity contribution >= 4 is 17.6 Å². The molecule has 0 bridgehead atoms. The Morgan fingerprint density at radius 3 is 2.68 bits per heavy atom. The molecule has 1 atom stereocenters. The molecule has 0 aliphatic heterocycles. The molecule has 0 saturated carbocycles. The summed E-state index contributed by atoms with van der Waals surface area (Å²) >= 11 is 0. The van der Waals surface area contributed by atoms with E-state index in [-0.39, 0.29) is 5.91 Å². The highest BCUT2D eigenvalue weighted by Crippen LogP contribution is 2.14. The first-order chi connectivity index (χ1) is 8.95. The first-order valence-electron chi connectivity index (χ1n) is 6.30. The molecule has 5 nitrogen and oxygen atoms in total. The van der Waals surface area contributed by atoms with Gasteiger partial charge in [-0.2, -0.15) is 0 Å². The number of carbonyl (C=O) groups excluding carboxylic acids is 2. The fraction of sp³-hybridized carbons (Fsp3) is 0.429. The van der Waals surface area contributed by atoms with Crippen LogP contribution in [0.15, 0.2) is 18.2 Å². The summed E-state index contributed by atoms with van der Waals surface area (Å²) in [5, 5.41) is 2.67. The third kappa shape index (κ3) is 4.28. The van der Waals surface area contributed by atoms with Crippen LogP contribution in [-0.4, -0.2) is 24.5 Å². The van der Waals surface area contributed by atoms with Crippen molar-refractivity contribution in [1.29, 1.82) is 0 Å². The van der Waals surface area contributed by atoms with Crippen LogP contribution in [0, 0.1) is 6.92 Å². The van der Waals surface area contributed by atoms with Crippen LogP contribution in [0.3, 0.4) is 0 Å². The third-order valence-corrected chi connectivity index (χ3v) is 2.72. The summed E-state index contributed by atoms with van der Waals surface area (Å²) in [6, 6.07) is 4.92. The van der Waals surface area contributed by atoms with Gasteiger partial charge in [0.1, 0.15) is 0 Å². The lowest BCUT2D eigenvalue weighted by Gasteiger charge is -2.13. The quantitative estimate of drug-likeness (QED) is 0.626. The van der Waals surface area contributed by atoms with E-state index in [1.807, 2.05) is 13.8 Å². The molecule has 1 aromatic carbocycles. The van der Waals surface area contributed by atoms with E-state index in [0.29, 0.717) is 17.8 Å². The number of nitrogens with two attached hydrogens (primary N) is 1. The van der Waals surface area contributed by atoms with Crippen molar-refractivity contribution in [2.75, 3.05) is 12.3 Å².